The van der Waals surface area contributed by atoms with Crippen LogP contribution in [0.5, 0.6) is 0 Å². The summed E-state index contributed by atoms with van der Waals surface area (Å²) in [6, 6.07) is 4.01. The fraction of sp³-hybridized carbons (Fsp3) is 0.533. The fourth-order valence-electron chi connectivity index (χ4n) is 2.08. The molecule has 0 fully saturated rings. The third-order valence-corrected chi connectivity index (χ3v) is 4.48. The molecular weight excluding hydrogens is 290 g/mol. The zero-order valence-electron chi connectivity index (χ0n) is 12.7. The molecule has 0 saturated carbocycles. The van der Waals surface area contributed by atoms with Gasteiger partial charge in [0.1, 0.15) is 0 Å². The SMILES string of the molecule is Cc1nn(Cc2ccc(Cl)s2)c(C)c1CNC(C)(C)C. The molecule has 5 heteroatoms. The quantitative estimate of drug-likeness (QED) is 0.919. The molecule has 110 valence electrons. The molecule has 0 aliphatic carbocycles. The Balaban J connectivity index is 2.16. The maximum atomic E-state index is 5.98. The summed E-state index contributed by atoms with van der Waals surface area (Å²) in [4.78, 5) is 1.23. The van der Waals surface area contributed by atoms with Crippen molar-refractivity contribution in [2.75, 3.05) is 0 Å². The Bertz CT molecular complexity index is 593. The van der Waals surface area contributed by atoms with Crippen LogP contribution in [0.2, 0.25) is 4.34 Å². The first-order valence-corrected chi connectivity index (χ1v) is 7.98. The van der Waals surface area contributed by atoms with Crippen LogP contribution in [0.1, 0.15) is 42.6 Å². The average molecular weight is 312 g/mol. The van der Waals surface area contributed by atoms with E-state index in [0.717, 1.165) is 23.1 Å². The molecule has 0 aromatic carbocycles. The lowest BCUT2D eigenvalue weighted by Gasteiger charge is -2.20. The highest BCUT2D eigenvalue weighted by atomic mass is 35.5. The molecular formula is C15H22ClN3S. The summed E-state index contributed by atoms with van der Waals surface area (Å²) >= 11 is 7.59. The Morgan fingerprint density at radius 1 is 1.30 bits per heavy atom. The summed E-state index contributed by atoms with van der Waals surface area (Å²) in [5, 5.41) is 8.18. The number of aromatic nitrogens is 2. The Kier molecular flexibility index (Phi) is 4.57. The molecule has 1 N–H and O–H groups in total. The Morgan fingerprint density at radius 2 is 2.00 bits per heavy atom. The minimum atomic E-state index is 0.113. The van der Waals surface area contributed by atoms with Gasteiger partial charge in [0.05, 0.1) is 16.6 Å². The molecule has 0 spiro atoms. The van der Waals surface area contributed by atoms with E-state index in [1.165, 1.54) is 16.1 Å². The van der Waals surface area contributed by atoms with E-state index >= 15 is 0 Å². The topological polar surface area (TPSA) is 29.9 Å². The highest BCUT2D eigenvalue weighted by molar-refractivity contribution is 7.16. The summed E-state index contributed by atoms with van der Waals surface area (Å²) < 4.78 is 2.90. The van der Waals surface area contributed by atoms with E-state index in [2.05, 4.69) is 55.8 Å². The van der Waals surface area contributed by atoms with Gasteiger partial charge in [0.25, 0.3) is 0 Å². The molecule has 0 bridgehead atoms. The first kappa shape index (κ1) is 15.5. The predicted octanol–water partition coefficient (Wildman–Crippen LogP) is 4.15. The van der Waals surface area contributed by atoms with E-state index in [1.807, 2.05) is 6.07 Å². The number of rotatable bonds is 4. The van der Waals surface area contributed by atoms with Crippen LogP contribution < -0.4 is 5.32 Å². The van der Waals surface area contributed by atoms with Crippen molar-refractivity contribution in [3.05, 3.63) is 38.3 Å². The lowest BCUT2D eigenvalue weighted by molar-refractivity contribution is 0.423. The molecule has 0 aliphatic rings. The number of halogens is 1. The second-order valence-corrected chi connectivity index (χ2v) is 7.92. The summed E-state index contributed by atoms with van der Waals surface area (Å²) in [5.41, 5.74) is 3.73. The molecule has 2 aromatic rings. The molecule has 0 atom stereocenters. The normalized spacial score (nSPS) is 12.1. The fourth-order valence-corrected chi connectivity index (χ4v) is 3.15. The molecule has 2 heterocycles. The van der Waals surface area contributed by atoms with Crippen molar-refractivity contribution < 1.29 is 0 Å². The maximum Gasteiger partial charge on any atom is 0.0931 e. The molecule has 3 nitrogen and oxygen atoms in total. The summed E-state index contributed by atoms with van der Waals surface area (Å²) in [7, 11) is 0. The smallest absolute Gasteiger partial charge is 0.0931 e. The molecule has 0 radical (unpaired) electrons. The number of nitrogens with zero attached hydrogens (tertiary/aromatic N) is 2. The lowest BCUT2D eigenvalue weighted by Crippen LogP contribution is -2.35. The molecule has 0 aliphatic heterocycles. The maximum absolute atomic E-state index is 5.98. The minimum absolute atomic E-state index is 0.113. The van der Waals surface area contributed by atoms with Gasteiger partial charge in [-0.15, -0.1) is 11.3 Å². The lowest BCUT2D eigenvalue weighted by atomic mass is 10.1. The van der Waals surface area contributed by atoms with E-state index in [9.17, 15) is 0 Å². The van der Waals surface area contributed by atoms with Gasteiger partial charge in [-0.25, -0.2) is 0 Å². The number of nitrogens with one attached hydrogen (secondary N) is 1. The van der Waals surface area contributed by atoms with Gasteiger partial charge in [-0.3, -0.25) is 4.68 Å². The highest BCUT2D eigenvalue weighted by Crippen LogP contribution is 2.23. The second-order valence-electron chi connectivity index (χ2n) is 6.12. The van der Waals surface area contributed by atoms with Crippen LogP contribution in [0.3, 0.4) is 0 Å². The van der Waals surface area contributed by atoms with Crippen molar-refractivity contribution in [2.24, 2.45) is 0 Å². The van der Waals surface area contributed by atoms with E-state index in [-0.39, 0.29) is 5.54 Å². The van der Waals surface area contributed by atoms with Gasteiger partial charge in [-0.1, -0.05) is 11.6 Å². The van der Waals surface area contributed by atoms with Gasteiger partial charge >= 0.3 is 0 Å². The summed E-state index contributed by atoms with van der Waals surface area (Å²) in [5.74, 6) is 0. The molecule has 2 aromatic heterocycles. The van der Waals surface area contributed by atoms with E-state index < -0.39 is 0 Å². The van der Waals surface area contributed by atoms with Crippen molar-refractivity contribution in [3.8, 4) is 0 Å². The van der Waals surface area contributed by atoms with Gasteiger partial charge < -0.3 is 5.32 Å². The first-order valence-electron chi connectivity index (χ1n) is 6.78. The van der Waals surface area contributed by atoms with Crippen molar-refractivity contribution in [1.29, 1.82) is 0 Å². The average Bonchev–Trinajstić information content (AvgIpc) is 2.82. The van der Waals surface area contributed by atoms with E-state index in [0.29, 0.717) is 0 Å². The number of hydrogen-bond donors (Lipinski definition) is 1. The molecule has 0 amide bonds. The number of aryl methyl sites for hydroxylation is 1. The largest absolute Gasteiger partial charge is 0.308 e. The van der Waals surface area contributed by atoms with Crippen molar-refractivity contribution in [2.45, 2.75) is 53.2 Å². The van der Waals surface area contributed by atoms with Crippen LogP contribution in [0.4, 0.5) is 0 Å². The summed E-state index contributed by atoms with van der Waals surface area (Å²) in [6.07, 6.45) is 0. The molecule has 20 heavy (non-hydrogen) atoms. The van der Waals surface area contributed by atoms with Crippen LogP contribution in [-0.4, -0.2) is 15.3 Å². The van der Waals surface area contributed by atoms with Gasteiger partial charge in [-0.05, 0) is 46.8 Å². The van der Waals surface area contributed by atoms with Crippen LogP contribution in [0.15, 0.2) is 12.1 Å². The Hall–Kier alpha value is -0.840. The number of hydrogen-bond acceptors (Lipinski definition) is 3. The Morgan fingerprint density at radius 3 is 2.55 bits per heavy atom. The monoisotopic (exact) mass is 311 g/mol. The third-order valence-electron chi connectivity index (χ3n) is 3.26. The van der Waals surface area contributed by atoms with Crippen LogP contribution in [0, 0.1) is 13.8 Å². The zero-order valence-corrected chi connectivity index (χ0v) is 14.3. The van der Waals surface area contributed by atoms with Crippen LogP contribution in [-0.2, 0) is 13.1 Å². The first-order chi connectivity index (χ1) is 9.26. The summed E-state index contributed by atoms with van der Waals surface area (Å²) in [6.45, 7) is 12.4. The standard InChI is InChI=1S/C15H22ClN3S/c1-10-13(8-17-15(3,4)5)11(2)19(18-10)9-12-6-7-14(16)20-12/h6-7,17H,8-9H2,1-5H3. The predicted molar refractivity (Wildman–Crippen MR) is 86.7 cm³/mol. The number of thiophene rings is 1. The van der Waals surface area contributed by atoms with E-state index in [4.69, 9.17) is 11.6 Å². The second kappa shape index (κ2) is 5.88. The van der Waals surface area contributed by atoms with Gasteiger partial charge in [-0.2, -0.15) is 5.10 Å². The van der Waals surface area contributed by atoms with E-state index in [1.54, 1.807) is 11.3 Å². The highest BCUT2D eigenvalue weighted by Gasteiger charge is 2.15. The molecule has 2 rings (SSSR count). The third kappa shape index (κ3) is 3.84. The molecule has 0 saturated heterocycles. The Labute approximate surface area is 130 Å². The molecule has 0 unspecified atom stereocenters. The van der Waals surface area contributed by atoms with Crippen molar-refractivity contribution in [3.63, 3.8) is 0 Å². The minimum Gasteiger partial charge on any atom is -0.308 e. The van der Waals surface area contributed by atoms with Crippen LogP contribution in [0.25, 0.3) is 0 Å². The van der Waals surface area contributed by atoms with Crippen molar-refractivity contribution >= 4 is 22.9 Å². The van der Waals surface area contributed by atoms with Gasteiger partial charge in [0, 0.05) is 28.2 Å². The van der Waals surface area contributed by atoms with Crippen LogP contribution >= 0.6 is 22.9 Å². The van der Waals surface area contributed by atoms with Crippen molar-refractivity contribution in [1.82, 2.24) is 15.1 Å². The zero-order chi connectivity index (χ0) is 14.9. The van der Waals surface area contributed by atoms with Gasteiger partial charge in [0.15, 0.2) is 0 Å². The van der Waals surface area contributed by atoms with Gasteiger partial charge in [0.2, 0.25) is 0 Å².